The highest BCUT2D eigenvalue weighted by molar-refractivity contribution is 6.27. The summed E-state index contributed by atoms with van der Waals surface area (Å²) >= 11 is 0. The summed E-state index contributed by atoms with van der Waals surface area (Å²) < 4.78 is 5.74. The van der Waals surface area contributed by atoms with Crippen LogP contribution < -0.4 is 0 Å². The molecule has 0 aliphatic rings. The van der Waals surface area contributed by atoms with E-state index in [0.29, 0.717) is 6.10 Å². The summed E-state index contributed by atoms with van der Waals surface area (Å²) in [5.74, 6) is 0. The van der Waals surface area contributed by atoms with Crippen molar-refractivity contribution in [1.29, 1.82) is 0 Å². The minimum atomic E-state index is -0.286. The molecule has 0 aromatic heterocycles. The van der Waals surface area contributed by atoms with Gasteiger partial charge in [-0.3, -0.25) is 0 Å². The van der Waals surface area contributed by atoms with Crippen LogP contribution in [0.15, 0.2) is 12.7 Å². The van der Waals surface area contributed by atoms with E-state index < -0.39 is 0 Å². The molecule has 0 N–H and O–H groups in total. The third kappa shape index (κ3) is 6.32. The quantitative estimate of drug-likeness (QED) is 0.325. The first-order valence-corrected chi connectivity index (χ1v) is 6.15. The second-order valence-electron chi connectivity index (χ2n) is 2.77. The van der Waals surface area contributed by atoms with Crippen molar-refractivity contribution in [3.63, 3.8) is 0 Å². The number of hydrogen-bond donors (Lipinski definition) is 0. The summed E-state index contributed by atoms with van der Waals surface area (Å²) in [4.78, 5) is 0. The molecule has 0 saturated carbocycles. The molecule has 0 heterocycles. The van der Waals surface area contributed by atoms with E-state index in [0.717, 1.165) is 12.5 Å². The van der Waals surface area contributed by atoms with E-state index in [1.807, 2.05) is 6.08 Å². The van der Waals surface area contributed by atoms with Crippen LogP contribution in [0, 0.1) is 0 Å². The Morgan fingerprint density at radius 3 is 2.73 bits per heavy atom. The Hall–Kier alpha value is -0.0831. The lowest BCUT2D eigenvalue weighted by Crippen LogP contribution is -2.13. The molecule has 1 nitrogen and oxygen atoms in total. The molecule has 11 heavy (non-hydrogen) atoms. The van der Waals surface area contributed by atoms with Gasteiger partial charge >= 0.3 is 0 Å². The van der Waals surface area contributed by atoms with E-state index in [2.05, 4.69) is 20.4 Å². The second kappa shape index (κ2) is 8.02. The van der Waals surface area contributed by atoms with Gasteiger partial charge < -0.3 is 4.43 Å². The van der Waals surface area contributed by atoms with Gasteiger partial charge in [-0.05, 0) is 18.9 Å². The van der Waals surface area contributed by atoms with Gasteiger partial charge in [0.1, 0.15) is 0 Å². The maximum absolute atomic E-state index is 5.74. The smallest absolute Gasteiger partial charge is 0.165 e. The van der Waals surface area contributed by atoms with Crippen molar-refractivity contribution in [2.24, 2.45) is 0 Å². The second-order valence-corrected chi connectivity index (χ2v) is 4.09. The number of hydrogen-bond acceptors (Lipinski definition) is 1. The highest BCUT2D eigenvalue weighted by Crippen LogP contribution is 2.05. The van der Waals surface area contributed by atoms with Crippen molar-refractivity contribution in [2.45, 2.75) is 45.3 Å². The van der Waals surface area contributed by atoms with Crippen molar-refractivity contribution >= 4 is 9.76 Å². The lowest BCUT2D eigenvalue weighted by atomic mass is 10.2. The number of rotatable bonds is 7. The Labute approximate surface area is 72.8 Å². The molecule has 0 amide bonds. The maximum atomic E-state index is 5.74. The summed E-state index contributed by atoms with van der Waals surface area (Å²) in [5, 5.41) is 0. The van der Waals surface area contributed by atoms with Crippen molar-refractivity contribution in [1.82, 2.24) is 0 Å². The van der Waals surface area contributed by atoms with Gasteiger partial charge in [-0.1, -0.05) is 26.3 Å². The summed E-state index contributed by atoms with van der Waals surface area (Å²) in [7, 11) is -0.286. The lowest BCUT2D eigenvalue weighted by molar-refractivity contribution is 0.195. The standard InChI is InChI=1S/C9H20OSi/c1-4-7-9(6-3)10-11-8-5-2/h5,9H,2,4,6-8,11H2,1,3H3. The van der Waals surface area contributed by atoms with E-state index in [1.54, 1.807) is 0 Å². The molecule has 0 saturated heterocycles. The van der Waals surface area contributed by atoms with E-state index in [4.69, 9.17) is 4.43 Å². The largest absolute Gasteiger partial charge is 0.421 e. The molecular weight excluding hydrogens is 152 g/mol. The molecule has 2 heteroatoms. The van der Waals surface area contributed by atoms with Crippen molar-refractivity contribution < 1.29 is 4.43 Å². The number of allylic oxidation sites excluding steroid dienone is 1. The topological polar surface area (TPSA) is 9.23 Å². The van der Waals surface area contributed by atoms with E-state index in [-0.39, 0.29) is 9.76 Å². The lowest BCUT2D eigenvalue weighted by Gasteiger charge is -2.14. The third-order valence-corrected chi connectivity index (χ3v) is 3.09. The van der Waals surface area contributed by atoms with Crippen LogP contribution in [0.2, 0.25) is 6.04 Å². The van der Waals surface area contributed by atoms with Gasteiger partial charge in [-0.2, -0.15) is 0 Å². The van der Waals surface area contributed by atoms with Crippen LogP contribution in [0.5, 0.6) is 0 Å². The zero-order valence-electron chi connectivity index (χ0n) is 7.81. The monoisotopic (exact) mass is 172 g/mol. The van der Waals surface area contributed by atoms with Gasteiger partial charge in [0.2, 0.25) is 0 Å². The Morgan fingerprint density at radius 2 is 2.27 bits per heavy atom. The summed E-state index contributed by atoms with van der Waals surface area (Å²) in [6, 6.07) is 1.11. The van der Waals surface area contributed by atoms with Crippen molar-refractivity contribution in [3.05, 3.63) is 12.7 Å². The van der Waals surface area contributed by atoms with Crippen molar-refractivity contribution in [3.8, 4) is 0 Å². The van der Waals surface area contributed by atoms with Gasteiger partial charge in [0.15, 0.2) is 9.76 Å². The fourth-order valence-corrected chi connectivity index (χ4v) is 2.08. The Bertz CT molecular complexity index is 93.6. The van der Waals surface area contributed by atoms with Crippen LogP contribution in [0.25, 0.3) is 0 Å². The zero-order chi connectivity index (χ0) is 8.53. The normalized spacial score (nSPS) is 14.0. The van der Waals surface area contributed by atoms with Gasteiger partial charge in [0.25, 0.3) is 0 Å². The Balaban J connectivity index is 3.27. The first kappa shape index (κ1) is 10.9. The van der Waals surface area contributed by atoms with E-state index in [1.165, 1.54) is 12.8 Å². The molecule has 0 radical (unpaired) electrons. The average molecular weight is 172 g/mol. The van der Waals surface area contributed by atoms with Gasteiger partial charge in [0.05, 0.1) is 0 Å². The minimum Gasteiger partial charge on any atom is -0.421 e. The van der Waals surface area contributed by atoms with Crippen LogP contribution in [-0.4, -0.2) is 15.9 Å². The highest BCUT2D eigenvalue weighted by Gasteiger charge is 2.02. The van der Waals surface area contributed by atoms with E-state index in [9.17, 15) is 0 Å². The fourth-order valence-electron chi connectivity index (χ4n) is 1.05. The molecule has 1 atom stereocenters. The molecule has 0 aromatic carbocycles. The first-order valence-electron chi connectivity index (χ1n) is 4.57. The molecule has 1 unspecified atom stereocenters. The first-order chi connectivity index (χ1) is 5.35. The Morgan fingerprint density at radius 1 is 1.55 bits per heavy atom. The molecule has 0 aliphatic heterocycles. The van der Waals surface area contributed by atoms with Gasteiger partial charge in [0, 0.05) is 6.10 Å². The molecule has 66 valence electrons. The van der Waals surface area contributed by atoms with Crippen LogP contribution in [0.3, 0.4) is 0 Å². The van der Waals surface area contributed by atoms with Crippen LogP contribution in [-0.2, 0) is 4.43 Å². The van der Waals surface area contributed by atoms with Crippen LogP contribution in [0.1, 0.15) is 33.1 Å². The maximum Gasteiger partial charge on any atom is 0.165 e. The summed E-state index contributed by atoms with van der Waals surface area (Å²) in [6.07, 6.45) is 6.12. The van der Waals surface area contributed by atoms with Gasteiger partial charge in [-0.25, -0.2) is 0 Å². The van der Waals surface area contributed by atoms with Gasteiger partial charge in [-0.15, -0.1) is 6.58 Å². The van der Waals surface area contributed by atoms with E-state index >= 15 is 0 Å². The SMILES string of the molecule is C=CC[SiH2]OC(CC)CCC. The zero-order valence-corrected chi connectivity index (χ0v) is 9.22. The molecule has 0 aliphatic carbocycles. The summed E-state index contributed by atoms with van der Waals surface area (Å²) in [6.45, 7) is 8.09. The molecule has 0 rings (SSSR count). The predicted octanol–water partition coefficient (Wildman–Crippen LogP) is 2.27. The van der Waals surface area contributed by atoms with Crippen molar-refractivity contribution in [2.75, 3.05) is 0 Å². The molecule has 0 bridgehead atoms. The summed E-state index contributed by atoms with van der Waals surface area (Å²) in [5.41, 5.74) is 0. The highest BCUT2D eigenvalue weighted by atomic mass is 28.2. The third-order valence-electron chi connectivity index (χ3n) is 1.74. The van der Waals surface area contributed by atoms with Crippen LogP contribution in [0.4, 0.5) is 0 Å². The molecular formula is C9H20OSi. The van der Waals surface area contributed by atoms with Crippen LogP contribution >= 0.6 is 0 Å². The molecule has 0 spiro atoms. The predicted molar refractivity (Wildman–Crippen MR) is 53.6 cm³/mol. The molecule has 0 aromatic rings. The minimum absolute atomic E-state index is 0.286. The molecule has 0 fully saturated rings. The average Bonchev–Trinajstić information content (AvgIpc) is 2.03. The fraction of sp³-hybridized carbons (Fsp3) is 0.778. The Kier molecular flexibility index (Phi) is 7.96.